The largest absolute Gasteiger partial charge is 0.371 e. The maximum Gasteiger partial charge on any atom is 0.235 e. The van der Waals surface area contributed by atoms with E-state index in [1.54, 1.807) is 0 Å². The highest BCUT2D eigenvalue weighted by molar-refractivity contribution is 6.31. The lowest BCUT2D eigenvalue weighted by atomic mass is 10.00. The number of nitrogens with one attached hydrogen (secondary N) is 1. The van der Waals surface area contributed by atoms with Crippen molar-refractivity contribution < 1.29 is 9.53 Å². The van der Waals surface area contributed by atoms with E-state index in [1.807, 2.05) is 24.3 Å². The first-order valence-electron chi connectivity index (χ1n) is 8.42. The Balaban J connectivity index is 1.58. The van der Waals surface area contributed by atoms with Crippen LogP contribution in [0.3, 0.4) is 0 Å². The number of benzene rings is 1. The third kappa shape index (κ3) is 3.89. The Labute approximate surface area is 147 Å². The lowest BCUT2D eigenvalue weighted by Gasteiger charge is -2.33. The van der Waals surface area contributed by atoms with Gasteiger partial charge in [-0.15, -0.1) is 0 Å². The Morgan fingerprint density at radius 1 is 1.42 bits per heavy atom. The highest BCUT2D eigenvalue weighted by Crippen LogP contribution is 2.30. The molecule has 0 unspecified atom stereocenters. The van der Waals surface area contributed by atoms with Crippen LogP contribution in [0.5, 0.6) is 0 Å². The summed E-state index contributed by atoms with van der Waals surface area (Å²) in [6, 6.07) is 9.93. The fraction of sp³-hybridized carbons (Fsp3) is 0.556. The molecule has 24 heavy (non-hydrogen) atoms. The van der Waals surface area contributed by atoms with Gasteiger partial charge in [0, 0.05) is 23.7 Å². The normalized spacial score (nSPS) is 23.6. The van der Waals surface area contributed by atoms with Crippen molar-refractivity contribution >= 4 is 17.5 Å². The van der Waals surface area contributed by atoms with Crippen LogP contribution in [0.4, 0.5) is 0 Å². The molecule has 0 bridgehead atoms. The Hall–Kier alpha value is -1.61. The Morgan fingerprint density at radius 2 is 2.17 bits per heavy atom. The summed E-state index contributed by atoms with van der Waals surface area (Å²) in [4.78, 5) is 14.4. The van der Waals surface area contributed by atoms with Crippen LogP contribution in [0.15, 0.2) is 24.3 Å². The minimum Gasteiger partial charge on any atom is -0.371 e. The van der Waals surface area contributed by atoms with Crippen molar-refractivity contribution in [3.05, 3.63) is 34.9 Å². The van der Waals surface area contributed by atoms with Gasteiger partial charge < -0.3 is 10.1 Å². The van der Waals surface area contributed by atoms with Crippen molar-refractivity contribution in [2.24, 2.45) is 0 Å². The molecule has 3 rings (SSSR count). The Kier molecular flexibility index (Phi) is 5.40. The fourth-order valence-electron chi connectivity index (χ4n) is 3.52. The molecule has 1 heterocycles. The van der Waals surface area contributed by atoms with E-state index in [0.29, 0.717) is 24.7 Å². The summed E-state index contributed by atoms with van der Waals surface area (Å²) in [5.41, 5.74) is 0.291. The van der Waals surface area contributed by atoms with Gasteiger partial charge in [0.2, 0.25) is 5.91 Å². The lowest BCUT2D eigenvalue weighted by Crippen LogP contribution is -2.50. The molecule has 1 aromatic carbocycles. The van der Waals surface area contributed by atoms with Gasteiger partial charge in [0.15, 0.2) is 0 Å². The number of ether oxygens (including phenoxy) is 1. The van der Waals surface area contributed by atoms with Crippen LogP contribution in [0, 0.1) is 11.3 Å². The van der Waals surface area contributed by atoms with E-state index in [1.165, 1.54) is 0 Å². The van der Waals surface area contributed by atoms with Crippen molar-refractivity contribution in [3.8, 4) is 6.07 Å². The van der Waals surface area contributed by atoms with Crippen LogP contribution in [-0.2, 0) is 9.53 Å². The molecule has 0 radical (unpaired) electrons. The van der Waals surface area contributed by atoms with Crippen LogP contribution in [0.2, 0.25) is 5.02 Å². The molecule has 2 aliphatic rings. The number of halogens is 1. The quantitative estimate of drug-likeness (QED) is 0.909. The number of hydrogen-bond acceptors (Lipinski definition) is 4. The van der Waals surface area contributed by atoms with E-state index in [0.717, 1.165) is 31.2 Å². The molecule has 2 fully saturated rings. The van der Waals surface area contributed by atoms with Crippen molar-refractivity contribution in [3.63, 3.8) is 0 Å². The highest BCUT2D eigenvalue weighted by atomic mass is 35.5. The summed E-state index contributed by atoms with van der Waals surface area (Å²) >= 11 is 6.25. The van der Waals surface area contributed by atoms with E-state index in [4.69, 9.17) is 16.3 Å². The predicted molar refractivity (Wildman–Crippen MR) is 91.5 cm³/mol. The van der Waals surface area contributed by atoms with Gasteiger partial charge in [-0.1, -0.05) is 29.8 Å². The van der Waals surface area contributed by atoms with Gasteiger partial charge in [-0.05, 0) is 31.7 Å². The maximum absolute atomic E-state index is 12.4. The molecule has 0 aromatic heterocycles. The van der Waals surface area contributed by atoms with Crippen molar-refractivity contribution in [2.45, 2.75) is 37.3 Å². The smallest absolute Gasteiger partial charge is 0.235 e. The Morgan fingerprint density at radius 3 is 2.88 bits per heavy atom. The third-order valence-corrected chi connectivity index (χ3v) is 5.16. The first kappa shape index (κ1) is 17.2. The fourth-order valence-corrected chi connectivity index (χ4v) is 3.78. The van der Waals surface area contributed by atoms with Crippen molar-refractivity contribution in [1.82, 2.24) is 10.2 Å². The van der Waals surface area contributed by atoms with E-state index in [-0.39, 0.29) is 18.6 Å². The summed E-state index contributed by atoms with van der Waals surface area (Å²) in [6.07, 6.45) is 3.37. The predicted octanol–water partition coefficient (Wildman–Crippen LogP) is 2.67. The zero-order valence-corrected chi connectivity index (χ0v) is 14.4. The summed E-state index contributed by atoms with van der Waals surface area (Å²) in [7, 11) is 0. The van der Waals surface area contributed by atoms with Crippen LogP contribution < -0.4 is 5.32 Å². The number of rotatable bonds is 4. The average molecular weight is 348 g/mol. The van der Waals surface area contributed by atoms with E-state index >= 15 is 0 Å². The number of carbonyl (C=O) groups excluding carboxylic acids is 1. The molecule has 5 nitrogen and oxygen atoms in total. The van der Waals surface area contributed by atoms with Crippen molar-refractivity contribution in [2.75, 3.05) is 26.2 Å². The zero-order valence-electron chi connectivity index (χ0n) is 13.6. The topological polar surface area (TPSA) is 65.4 Å². The molecular weight excluding hydrogens is 326 g/mol. The first-order valence-corrected chi connectivity index (χ1v) is 8.80. The summed E-state index contributed by atoms with van der Waals surface area (Å²) in [6.45, 7) is 2.17. The average Bonchev–Trinajstić information content (AvgIpc) is 3.04. The van der Waals surface area contributed by atoms with Gasteiger partial charge in [-0.25, -0.2) is 0 Å². The van der Waals surface area contributed by atoms with Crippen LogP contribution in [-0.4, -0.2) is 42.6 Å². The van der Waals surface area contributed by atoms with Gasteiger partial charge >= 0.3 is 0 Å². The minimum atomic E-state index is -0.661. The molecule has 0 spiro atoms. The number of nitriles is 1. The lowest BCUT2D eigenvalue weighted by molar-refractivity contribution is -0.125. The highest BCUT2D eigenvalue weighted by Gasteiger charge is 2.36. The van der Waals surface area contributed by atoms with Crippen molar-refractivity contribution in [1.29, 1.82) is 5.26 Å². The van der Waals surface area contributed by atoms with E-state index in [9.17, 15) is 10.1 Å². The number of hydrogen-bond donors (Lipinski definition) is 1. The van der Waals surface area contributed by atoms with Gasteiger partial charge in [0.25, 0.3) is 0 Å². The monoisotopic (exact) mass is 347 g/mol. The first-order chi connectivity index (χ1) is 11.6. The van der Waals surface area contributed by atoms with E-state index < -0.39 is 5.54 Å². The van der Waals surface area contributed by atoms with Crippen LogP contribution >= 0.6 is 11.6 Å². The van der Waals surface area contributed by atoms with Crippen LogP contribution in [0.25, 0.3) is 0 Å². The number of amides is 1. The van der Waals surface area contributed by atoms with Gasteiger partial charge in [-0.2, -0.15) is 5.26 Å². The third-order valence-electron chi connectivity index (χ3n) is 4.82. The summed E-state index contributed by atoms with van der Waals surface area (Å²) in [5.74, 6) is -0.0849. The molecule has 1 amide bonds. The summed E-state index contributed by atoms with van der Waals surface area (Å²) < 4.78 is 5.82. The number of carbonyl (C=O) groups is 1. The maximum atomic E-state index is 12.4. The molecule has 1 saturated carbocycles. The van der Waals surface area contributed by atoms with Gasteiger partial charge in [0.1, 0.15) is 5.54 Å². The van der Waals surface area contributed by atoms with Crippen LogP contribution in [0.1, 0.15) is 37.4 Å². The molecule has 1 aromatic rings. The second-order valence-corrected chi connectivity index (χ2v) is 6.97. The van der Waals surface area contributed by atoms with Gasteiger partial charge in [-0.3, -0.25) is 9.69 Å². The number of morpholine rings is 1. The molecular formula is C18H22ClN3O2. The van der Waals surface area contributed by atoms with Gasteiger partial charge in [0.05, 0.1) is 25.3 Å². The number of nitrogens with zero attached hydrogens (tertiary/aromatic N) is 2. The SMILES string of the molecule is N#CC1(NC(=O)CN2CCO[C@H](c3ccccc3Cl)C2)CCCC1. The molecule has 1 atom stereocenters. The molecule has 6 heteroatoms. The molecule has 1 aliphatic carbocycles. The molecule has 1 aliphatic heterocycles. The molecule has 128 valence electrons. The Bertz CT molecular complexity index is 637. The standard InChI is InChI=1S/C18H22ClN3O2/c19-15-6-2-1-5-14(15)16-11-22(9-10-24-16)12-17(23)21-18(13-20)7-3-4-8-18/h1-2,5-6,16H,3-4,7-12H2,(H,21,23)/t16-/m0/s1. The minimum absolute atomic E-state index is 0.0849. The second-order valence-electron chi connectivity index (χ2n) is 6.57. The molecule has 1 N–H and O–H groups in total. The zero-order chi connectivity index (χ0) is 17.0. The second kappa shape index (κ2) is 7.52. The summed E-state index contributed by atoms with van der Waals surface area (Å²) in [5, 5.41) is 13.0. The van der Waals surface area contributed by atoms with E-state index in [2.05, 4.69) is 16.3 Å². The molecule has 1 saturated heterocycles.